The van der Waals surface area contributed by atoms with Crippen LogP contribution < -0.4 is 20.6 Å². The zero-order chi connectivity index (χ0) is 12.2. The Labute approximate surface area is 90.8 Å². The lowest BCUT2D eigenvalue weighted by molar-refractivity contribution is -0.431. The average Bonchev–Trinajstić information content (AvgIpc) is 2.00. The smallest absolute Gasteiger partial charge is 0.134 e. The second-order valence-electron chi connectivity index (χ2n) is 3.02. The van der Waals surface area contributed by atoms with Gasteiger partial charge in [0.1, 0.15) is 6.04 Å². The van der Waals surface area contributed by atoms with Crippen LogP contribution >= 0.6 is 19.4 Å². The average molecular weight is 257 g/mol. The van der Waals surface area contributed by atoms with Gasteiger partial charge in [-0.15, -0.1) is 11.8 Å². The van der Waals surface area contributed by atoms with E-state index in [9.17, 15) is 24.3 Å². The number of hydrogen-bond donors (Lipinski definition) is 2. The number of quaternary nitrogens is 1. The van der Waals surface area contributed by atoms with Crippen molar-refractivity contribution in [2.45, 2.75) is 24.1 Å². The highest BCUT2D eigenvalue weighted by molar-refractivity contribution is 8.05. The highest BCUT2D eigenvalue weighted by Crippen LogP contribution is 2.41. The number of rotatable bonds is 6. The first-order chi connectivity index (χ1) is 6.66. The van der Waals surface area contributed by atoms with Crippen LogP contribution in [0.25, 0.3) is 0 Å². The molecule has 0 fully saturated rings. The van der Waals surface area contributed by atoms with Gasteiger partial charge >= 0.3 is 0 Å². The van der Waals surface area contributed by atoms with E-state index < -0.39 is 30.7 Å². The molecule has 7 nitrogen and oxygen atoms in total. The van der Waals surface area contributed by atoms with Crippen LogP contribution in [0.15, 0.2) is 0 Å². The fraction of sp³-hybridized carbons (Fsp3) is 0.833. The minimum Gasteiger partial charge on any atom is -0.810 e. The quantitative estimate of drug-likeness (QED) is 0.456. The molecule has 0 unspecified atom stereocenters. The summed E-state index contributed by atoms with van der Waals surface area (Å²) in [5.74, 6) is -1.63. The largest absolute Gasteiger partial charge is 0.810 e. The van der Waals surface area contributed by atoms with E-state index in [0.717, 1.165) is 6.92 Å². The summed E-state index contributed by atoms with van der Waals surface area (Å²) in [5, 5.41) is 19.3. The molecule has 0 heterocycles. The Kier molecular flexibility index (Phi) is 5.79. The van der Waals surface area contributed by atoms with E-state index >= 15 is 0 Å². The first-order valence-corrected chi connectivity index (χ1v) is 6.67. The summed E-state index contributed by atoms with van der Waals surface area (Å²) in [4.78, 5) is 30.0. The zero-order valence-corrected chi connectivity index (χ0v) is 9.70. The summed E-state index contributed by atoms with van der Waals surface area (Å²) in [5.41, 5.74) is 3.19. The van der Waals surface area contributed by atoms with Crippen LogP contribution in [0.3, 0.4) is 0 Å². The monoisotopic (exact) mass is 257 g/mol. The number of thioether (sulfide) groups is 1. The predicted octanol–water partition coefficient (Wildman–Crippen LogP) is -4.30. The third kappa shape index (κ3) is 5.50. The molecule has 0 rings (SSSR count). The molecule has 0 spiro atoms. The number of aliphatic hydroxyl groups excluding tert-OH is 1. The summed E-state index contributed by atoms with van der Waals surface area (Å²) < 4.78 is 10.7. The van der Waals surface area contributed by atoms with Crippen LogP contribution in [0.4, 0.5) is 0 Å². The number of carboxylic acids is 1. The van der Waals surface area contributed by atoms with Gasteiger partial charge in [0, 0.05) is 0 Å². The third-order valence-electron chi connectivity index (χ3n) is 1.53. The van der Waals surface area contributed by atoms with Crippen molar-refractivity contribution in [1.82, 2.24) is 0 Å². The third-order valence-corrected chi connectivity index (χ3v) is 5.13. The molecule has 0 aliphatic rings. The Morgan fingerprint density at radius 3 is 2.33 bits per heavy atom. The van der Waals surface area contributed by atoms with Gasteiger partial charge in [-0.1, -0.05) is 7.60 Å². The molecule has 0 bridgehead atoms. The molecule has 0 saturated heterocycles. The van der Waals surface area contributed by atoms with Crippen molar-refractivity contribution >= 4 is 25.3 Å². The summed E-state index contributed by atoms with van der Waals surface area (Å²) in [6.45, 7) is 1.15. The molecule has 0 aliphatic carbocycles. The summed E-state index contributed by atoms with van der Waals surface area (Å²) in [6.07, 6.45) is -1.36. The maximum Gasteiger partial charge on any atom is 0.134 e. The van der Waals surface area contributed by atoms with Gasteiger partial charge in [0.2, 0.25) is 0 Å². The van der Waals surface area contributed by atoms with Gasteiger partial charge in [0.25, 0.3) is 0 Å². The van der Waals surface area contributed by atoms with Crippen molar-refractivity contribution in [2.24, 2.45) is 0 Å². The fourth-order valence-electron chi connectivity index (χ4n) is 0.778. The normalized spacial score (nSPS) is 18.2. The first-order valence-electron chi connectivity index (χ1n) is 4.01. The van der Waals surface area contributed by atoms with Crippen molar-refractivity contribution in [1.29, 1.82) is 0 Å². The zero-order valence-electron chi connectivity index (χ0n) is 7.99. The van der Waals surface area contributed by atoms with Crippen molar-refractivity contribution in [2.75, 3.05) is 5.75 Å². The van der Waals surface area contributed by atoms with E-state index in [1.54, 1.807) is 0 Å². The highest BCUT2D eigenvalue weighted by atomic mass is 32.2. The molecule has 3 atom stereocenters. The first kappa shape index (κ1) is 14.9. The minimum absolute atomic E-state index is 0.202. The number of aliphatic hydroxyl groups is 1. The van der Waals surface area contributed by atoms with Gasteiger partial charge in [-0.25, -0.2) is 0 Å². The van der Waals surface area contributed by atoms with E-state index in [1.807, 2.05) is 0 Å². The van der Waals surface area contributed by atoms with Crippen molar-refractivity contribution in [3.8, 4) is 0 Å². The maximum atomic E-state index is 10.7. The Bertz CT molecular complexity index is 266. The molecular formula is C6H12NO6PS-2. The second-order valence-corrected chi connectivity index (χ2v) is 6.18. The second kappa shape index (κ2) is 5.83. The van der Waals surface area contributed by atoms with Crippen LogP contribution in [0.1, 0.15) is 6.92 Å². The van der Waals surface area contributed by atoms with Crippen LogP contribution in [0.5, 0.6) is 0 Å². The lowest BCUT2D eigenvalue weighted by Gasteiger charge is -2.39. The fourth-order valence-corrected chi connectivity index (χ4v) is 3.14. The van der Waals surface area contributed by atoms with Crippen LogP contribution in [0.2, 0.25) is 0 Å². The Morgan fingerprint density at radius 1 is 1.60 bits per heavy atom. The predicted molar refractivity (Wildman–Crippen MR) is 47.2 cm³/mol. The van der Waals surface area contributed by atoms with Crippen molar-refractivity contribution < 1.29 is 35.1 Å². The standard InChI is InChI=1S/C6H14NO6PS/c1-3(8)6(14(11,12)13)15-2-4(7)5(9)10/h3-4,6,8H,2,7H2,1H3,(H,9,10)(H2,11,12,13)/p-2/t3-,4-,6+/m0/s1. The SMILES string of the molecule is C[C@H](O)[C@@H](SC[C@H]([NH3+])C(=O)[O-])P(=O)([O-])[O-]. The summed E-state index contributed by atoms with van der Waals surface area (Å²) >= 11 is 0.552. The molecule has 4 N–H and O–H groups in total. The molecule has 0 saturated carbocycles. The number of aliphatic carboxylic acids is 1. The lowest BCUT2D eigenvalue weighted by Crippen LogP contribution is -2.69. The number of carbonyl (C=O) groups is 1. The maximum absolute atomic E-state index is 10.7. The highest BCUT2D eigenvalue weighted by Gasteiger charge is 2.21. The number of carboxylic acid groups (broad SMARTS) is 1. The minimum atomic E-state index is -4.95. The molecule has 90 valence electrons. The van der Waals surface area contributed by atoms with Gasteiger partial charge in [-0.3, -0.25) is 0 Å². The Morgan fingerprint density at radius 2 is 2.07 bits per heavy atom. The van der Waals surface area contributed by atoms with Crippen LogP contribution in [-0.2, 0) is 9.36 Å². The topological polar surface area (TPSA) is 151 Å². The van der Waals surface area contributed by atoms with E-state index in [-0.39, 0.29) is 5.75 Å². The molecule has 0 aromatic heterocycles. The van der Waals surface area contributed by atoms with Crippen molar-refractivity contribution in [3.63, 3.8) is 0 Å². The van der Waals surface area contributed by atoms with Gasteiger partial charge in [0.15, 0.2) is 0 Å². The van der Waals surface area contributed by atoms with Gasteiger partial charge in [0.05, 0.1) is 22.8 Å². The molecular weight excluding hydrogens is 245 g/mol. The summed E-state index contributed by atoms with van der Waals surface area (Å²) in [7, 11) is -4.95. The number of hydrogen-bond acceptors (Lipinski definition) is 7. The molecule has 9 heteroatoms. The van der Waals surface area contributed by atoms with Gasteiger partial charge < -0.3 is 35.1 Å². The lowest BCUT2D eigenvalue weighted by atomic mass is 10.4. The number of carbonyl (C=O) groups excluding carboxylic acids is 1. The Hall–Kier alpha value is -0.110. The van der Waals surface area contributed by atoms with E-state index in [0.29, 0.717) is 11.8 Å². The Balaban J connectivity index is 4.34. The van der Waals surface area contributed by atoms with E-state index in [4.69, 9.17) is 5.11 Å². The van der Waals surface area contributed by atoms with Crippen LogP contribution in [0, 0.1) is 0 Å². The summed E-state index contributed by atoms with van der Waals surface area (Å²) in [6, 6.07) is -1.12. The molecule has 15 heavy (non-hydrogen) atoms. The molecule has 0 aliphatic heterocycles. The van der Waals surface area contributed by atoms with E-state index in [1.165, 1.54) is 0 Å². The van der Waals surface area contributed by atoms with Gasteiger partial charge in [-0.2, -0.15) is 0 Å². The molecule has 0 aromatic rings. The molecule has 0 aromatic carbocycles. The van der Waals surface area contributed by atoms with E-state index in [2.05, 4.69) is 5.73 Å². The molecule has 0 radical (unpaired) electrons. The van der Waals surface area contributed by atoms with Crippen molar-refractivity contribution in [3.05, 3.63) is 0 Å². The molecule has 0 amide bonds. The van der Waals surface area contributed by atoms with Crippen LogP contribution in [-0.4, -0.2) is 34.0 Å². The van der Waals surface area contributed by atoms with Gasteiger partial charge in [-0.05, 0) is 6.92 Å².